The lowest BCUT2D eigenvalue weighted by atomic mass is 9.75. The first kappa shape index (κ1) is 19.3. The summed E-state index contributed by atoms with van der Waals surface area (Å²) >= 11 is 0. The maximum Gasteiger partial charge on any atom is 0.227 e. The minimum absolute atomic E-state index is 0. The van der Waals surface area contributed by atoms with E-state index in [-0.39, 0.29) is 24.2 Å². The van der Waals surface area contributed by atoms with Gasteiger partial charge in [0.15, 0.2) is 0 Å². The van der Waals surface area contributed by atoms with Crippen LogP contribution in [-0.4, -0.2) is 46.8 Å². The van der Waals surface area contributed by atoms with Gasteiger partial charge in [-0.25, -0.2) is 0 Å². The molecule has 3 heterocycles. The Morgan fingerprint density at radius 3 is 2.46 bits per heavy atom. The van der Waals surface area contributed by atoms with Gasteiger partial charge in [-0.05, 0) is 29.7 Å². The predicted octanol–water partition coefficient (Wildman–Crippen LogP) is 2.43. The van der Waals surface area contributed by atoms with E-state index in [1.807, 2.05) is 24.1 Å². The molecular weight excluding hydrogens is 324 g/mol. The summed E-state index contributed by atoms with van der Waals surface area (Å²) in [5.41, 5.74) is 1.53. The standard InChI is InChI=1S/C18H30N4O.ClH/c1-18(2,3)14-5-7-22(8-6-14)17(23)16-11-19-10-15(16)13-9-20-21(4)12-13;/h9,12,14-16,19H,5-8,10-11H2,1-4H3;1H/t15-,16+;/m1./s1. The second-order valence-corrected chi connectivity index (χ2v) is 8.28. The van der Waals surface area contributed by atoms with Gasteiger partial charge in [0.1, 0.15) is 0 Å². The molecule has 2 fully saturated rings. The fraction of sp³-hybridized carbons (Fsp3) is 0.778. The van der Waals surface area contributed by atoms with Crippen LogP contribution in [0.1, 0.15) is 45.1 Å². The number of carbonyl (C=O) groups excluding carboxylic acids is 1. The van der Waals surface area contributed by atoms with Gasteiger partial charge >= 0.3 is 0 Å². The van der Waals surface area contributed by atoms with Gasteiger partial charge in [0.25, 0.3) is 0 Å². The molecule has 136 valence electrons. The molecule has 3 rings (SSSR count). The first-order valence-corrected chi connectivity index (χ1v) is 8.84. The van der Waals surface area contributed by atoms with Crippen LogP contribution in [-0.2, 0) is 11.8 Å². The molecule has 1 aromatic heterocycles. The summed E-state index contributed by atoms with van der Waals surface area (Å²) < 4.78 is 1.82. The number of carbonyl (C=O) groups is 1. The molecule has 1 N–H and O–H groups in total. The molecule has 0 spiro atoms. The maximum absolute atomic E-state index is 13.0. The van der Waals surface area contributed by atoms with Crippen molar-refractivity contribution in [2.75, 3.05) is 26.2 Å². The Bertz CT molecular complexity index is 558. The van der Waals surface area contributed by atoms with Crippen molar-refractivity contribution in [3.8, 4) is 0 Å². The van der Waals surface area contributed by atoms with Crippen LogP contribution in [0, 0.1) is 17.3 Å². The van der Waals surface area contributed by atoms with Gasteiger partial charge in [-0.2, -0.15) is 5.10 Å². The normalized spacial score (nSPS) is 25.6. The van der Waals surface area contributed by atoms with Gasteiger partial charge in [-0.1, -0.05) is 20.8 Å². The highest BCUT2D eigenvalue weighted by molar-refractivity contribution is 5.85. The Kier molecular flexibility index (Phi) is 5.97. The van der Waals surface area contributed by atoms with Crippen molar-refractivity contribution in [2.45, 2.75) is 39.5 Å². The van der Waals surface area contributed by atoms with Gasteiger partial charge in [-0.15, -0.1) is 12.4 Å². The molecule has 2 saturated heterocycles. The molecule has 0 radical (unpaired) electrons. The van der Waals surface area contributed by atoms with Crippen molar-refractivity contribution < 1.29 is 4.79 Å². The number of aromatic nitrogens is 2. The Labute approximate surface area is 151 Å². The SMILES string of the molecule is Cl.Cn1cc([C@H]2CNC[C@@H]2C(=O)N2CCC(C(C)(C)C)CC2)cn1. The summed E-state index contributed by atoms with van der Waals surface area (Å²) in [5, 5.41) is 7.67. The highest BCUT2D eigenvalue weighted by Crippen LogP contribution is 2.36. The molecule has 5 nitrogen and oxygen atoms in total. The van der Waals surface area contributed by atoms with E-state index in [0.717, 1.165) is 44.9 Å². The van der Waals surface area contributed by atoms with E-state index >= 15 is 0 Å². The maximum atomic E-state index is 13.0. The summed E-state index contributed by atoms with van der Waals surface area (Å²) in [6, 6.07) is 0. The van der Waals surface area contributed by atoms with Crippen molar-refractivity contribution >= 4 is 18.3 Å². The third-order valence-corrected chi connectivity index (χ3v) is 5.72. The van der Waals surface area contributed by atoms with E-state index in [1.54, 1.807) is 0 Å². The molecule has 0 unspecified atom stereocenters. The summed E-state index contributed by atoms with van der Waals surface area (Å²) in [5.74, 6) is 1.38. The summed E-state index contributed by atoms with van der Waals surface area (Å²) in [4.78, 5) is 15.1. The van der Waals surface area contributed by atoms with Crippen molar-refractivity contribution in [3.63, 3.8) is 0 Å². The minimum Gasteiger partial charge on any atom is -0.342 e. The lowest BCUT2D eigenvalue weighted by Gasteiger charge is -2.40. The number of rotatable bonds is 2. The zero-order valence-electron chi connectivity index (χ0n) is 15.3. The van der Waals surface area contributed by atoms with Crippen LogP contribution in [0.3, 0.4) is 0 Å². The van der Waals surface area contributed by atoms with Crippen molar-refractivity contribution in [1.29, 1.82) is 0 Å². The molecule has 2 atom stereocenters. The summed E-state index contributed by atoms with van der Waals surface area (Å²) in [6.07, 6.45) is 6.22. The number of likely N-dealkylation sites (tertiary alicyclic amines) is 1. The molecule has 24 heavy (non-hydrogen) atoms. The molecule has 1 amide bonds. The predicted molar refractivity (Wildman–Crippen MR) is 98.3 cm³/mol. The number of piperidine rings is 1. The minimum atomic E-state index is 0. The average Bonchev–Trinajstić information content (AvgIpc) is 3.14. The number of amides is 1. The van der Waals surface area contributed by atoms with Crippen LogP contribution in [0.2, 0.25) is 0 Å². The lowest BCUT2D eigenvalue weighted by molar-refractivity contribution is -0.137. The number of hydrogen-bond donors (Lipinski definition) is 1. The van der Waals surface area contributed by atoms with Crippen LogP contribution >= 0.6 is 12.4 Å². The Morgan fingerprint density at radius 2 is 1.92 bits per heavy atom. The Balaban J connectivity index is 0.00000208. The van der Waals surface area contributed by atoms with Crippen molar-refractivity contribution in [3.05, 3.63) is 18.0 Å². The molecule has 1 aromatic rings. The lowest BCUT2D eigenvalue weighted by Crippen LogP contribution is -2.45. The van der Waals surface area contributed by atoms with Crippen LogP contribution in [0.5, 0.6) is 0 Å². The molecule has 6 heteroatoms. The second kappa shape index (κ2) is 7.44. The highest BCUT2D eigenvalue weighted by atomic mass is 35.5. The fourth-order valence-corrected chi connectivity index (χ4v) is 4.12. The third-order valence-electron chi connectivity index (χ3n) is 5.72. The third kappa shape index (κ3) is 3.94. The van der Waals surface area contributed by atoms with Gasteiger partial charge in [0.2, 0.25) is 5.91 Å². The van der Waals surface area contributed by atoms with E-state index in [4.69, 9.17) is 0 Å². The quantitative estimate of drug-likeness (QED) is 0.887. The van der Waals surface area contributed by atoms with Gasteiger partial charge in [0, 0.05) is 45.3 Å². The monoisotopic (exact) mass is 354 g/mol. The van der Waals surface area contributed by atoms with Crippen molar-refractivity contribution in [2.24, 2.45) is 24.3 Å². The molecule has 0 bridgehead atoms. The van der Waals surface area contributed by atoms with E-state index in [0.29, 0.717) is 11.3 Å². The van der Waals surface area contributed by atoms with E-state index in [2.05, 4.69) is 36.1 Å². The molecule has 0 aliphatic carbocycles. The smallest absolute Gasteiger partial charge is 0.227 e. The zero-order chi connectivity index (χ0) is 16.6. The topological polar surface area (TPSA) is 50.2 Å². The molecule has 2 aliphatic rings. The van der Waals surface area contributed by atoms with Crippen LogP contribution in [0.4, 0.5) is 0 Å². The first-order valence-electron chi connectivity index (χ1n) is 8.84. The van der Waals surface area contributed by atoms with E-state index in [9.17, 15) is 4.79 Å². The van der Waals surface area contributed by atoms with Gasteiger partial charge < -0.3 is 10.2 Å². The first-order chi connectivity index (χ1) is 10.9. The van der Waals surface area contributed by atoms with E-state index < -0.39 is 0 Å². The van der Waals surface area contributed by atoms with Crippen LogP contribution in [0.25, 0.3) is 0 Å². The van der Waals surface area contributed by atoms with Crippen molar-refractivity contribution in [1.82, 2.24) is 20.0 Å². The molecule has 0 aromatic carbocycles. The average molecular weight is 355 g/mol. The van der Waals surface area contributed by atoms with E-state index in [1.165, 1.54) is 5.56 Å². The van der Waals surface area contributed by atoms with Gasteiger partial charge in [-0.3, -0.25) is 9.48 Å². The number of aryl methyl sites for hydroxylation is 1. The number of halogens is 1. The van der Waals surface area contributed by atoms with Crippen LogP contribution < -0.4 is 5.32 Å². The Hall–Kier alpha value is -1.07. The van der Waals surface area contributed by atoms with Crippen LogP contribution in [0.15, 0.2) is 12.4 Å². The van der Waals surface area contributed by atoms with Gasteiger partial charge in [0.05, 0.1) is 12.1 Å². The largest absolute Gasteiger partial charge is 0.342 e. The molecule has 2 aliphatic heterocycles. The summed E-state index contributed by atoms with van der Waals surface area (Å²) in [6.45, 7) is 10.4. The highest BCUT2D eigenvalue weighted by Gasteiger charge is 2.39. The molecule has 0 saturated carbocycles. The fourth-order valence-electron chi connectivity index (χ4n) is 4.12. The molecular formula is C18H31ClN4O. The zero-order valence-corrected chi connectivity index (χ0v) is 16.1. The second-order valence-electron chi connectivity index (χ2n) is 8.28. The number of hydrogen-bond acceptors (Lipinski definition) is 3. The number of nitrogens with zero attached hydrogens (tertiary/aromatic N) is 3. The Morgan fingerprint density at radius 1 is 1.25 bits per heavy atom. The number of nitrogens with one attached hydrogen (secondary N) is 1. The summed E-state index contributed by atoms with van der Waals surface area (Å²) in [7, 11) is 1.93.